The second kappa shape index (κ2) is 5.92. The molecule has 0 aliphatic carbocycles. The number of carboxylic acids is 1. The van der Waals surface area contributed by atoms with Crippen LogP contribution < -0.4 is 4.72 Å². The second-order valence-electron chi connectivity index (χ2n) is 4.40. The summed E-state index contributed by atoms with van der Waals surface area (Å²) < 4.78 is 38.2. The van der Waals surface area contributed by atoms with E-state index in [-0.39, 0.29) is 23.2 Å². The van der Waals surface area contributed by atoms with Crippen LogP contribution in [0.15, 0.2) is 17.2 Å². The number of hydrogen-bond donors (Lipinski definition) is 2. The Morgan fingerprint density at radius 3 is 2.85 bits per heavy atom. The Bertz CT molecular complexity index is 588. The quantitative estimate of drug-likeness (QED) is 0.753. The molecule has 2 N–H and O–H groups in total. The van der Waals surface area contributed by atoms with E-state index < -0.39 is 16.0 Å². The number of carboxylic acid groups (broad SMARTS) is 1. The van der Waals surface area contributed by atoms with Gasteiger partial charge in [0.25, 0.3) is 0 Å². The lowest BCUT2D eigenvalue weighted by atomic mass is 10.3. The molecule has 0 radical (unpaired) electrons. The third-order valence-electron chi connectivity index (χ3n) is 2.90. The van der Waals surface area contributed by atoms with Gasteiger partial charge >= 0.3 is 5.97 Å². The van der Waals surface area contributed by atoms with Crippen LogP contribution >= 0.6 is 0 Å². The van der Waals surface area contributed by atoms with Crippen LogP contribution in [-0.4, -0.2) is 56.5 Å². The lowest BCUT2D eigenvalue weighted by Crippen LogP contribution is -2.39. The molecule has 1 unspecified atom stereocenters. The summed E-state index contributed by atoms with van der Waals surface area (Å²) in [6, 6.07) is 1.11. The van der Waals surface area contributed by atoms with E-state index in [9.17, 15) is 13.2 Å². The SMILES string of the molecule is Cn1cc(S(=O)(=O)NCC2COCCO2)cc1C(=O)O. The lowest BCUT2D eigenvalue weighted by Gasteiger charge is -2.22. The summed E-state index contributed by atoms with van der Waals surface area (Å²) in [5, 5.41) is 8.91. The average molecular weight is 304 g/mol. The Hall–Kier alpha value is -1.42. The minimum Gasteiger partial charge on any atom is -0.477 e. The molecule has 0 bridgehead atoms. The molecule has 1 aromatic heterocycles. The highest BCUT2D eigenvalue weighted by Crippen LogP contribution is 2.13. The average Bonchev–Trinajstić information content (AvgIpc) is 2.81. The highest BCUT2D eigenvalue weighted by atomic mass is 32.2. The smallest absolute Gasteiger partial charge is 0.352 e. The molecular weight excluding hydrogens is 288 g/mol. The van der Waals surface area contributed by atoms with Gasteiger partial charge in [-0.05, 0) is 6.07 Å². The van der Waals surface area contributed by atoms with Crippen LogP contribution in [0.5, 0.6) is 0 Å². The second-order valence-corrected chi connectivity index (χ2v) is 6.16. The Morgan fingerprint density at radius 2 is 2.30 bits per heavy atom. The van der Waals surface area contributed by atoms with Crippen molar-refractivity contribution in [2.75, 3.05) is 26.4 Å². The molecule has 112 valence electrons. The Labute approximate surface area is 116 Å². The van der Waals surface area contributed by atoms with Gasteiger partial charge in [0.15, 0.2) is 0 Å². The summed E-state index contributed by atoms with van der Waals surface area (Å²) in [5.41, 5.74) is -0.0948. The maximum absolute atomic E-state index is 12.0. The van der Waals surface area contributed by atoms with Crippen molar-refractivity contribution in [1.29, 1.82) is 0 Å². The Balaban J connectivity index is 2.06. The highest BCUT2D eigenvalue weighted by Gasteiger charge is 2.22. The molecule has 1 fully saturated rings. The van der Waals surface area contributed by atoms with Crippen molar-refractivity contribution in [1.82, 2.24) is 9.29 Å². The van der Waals surface area contributed by atoms with Crippen molar-refractivity contribution in [2.24, 2.45) is 7.05 Å². The third kappa shape index (κ3) is 3.37. The molecule has 20 heavy (non-hydrogen) atoms. The topological polar surface area (TPSA) is 107 Å². The van der Waals surface area contributed by atoms with Gasteiger partial charge in [0.05, 0.1) is 25.9 Å². The van der Waals surface area contributed by atoms with Crippen LogP contribution in [0.4, 0.5) is 0 Å². The van der Waals surface area contributed by atoms with Crippen molar-refractivity contribution in [3.63, 3.8) is 0 Å². The van der Waals surface area contributed by atoms with Gasteiger partial charge in [-0.3, -0.25) is 0 Å². The van der Waals surface area contributed by atoms with E-state index in [4.69, 9.17) is 14.6 Å². The summed E-state index contributed by atoms with van der Waals surface area (Å²) in [4.78, 5) is 10.8. The van der Waals surface area contributed by atoms with E-state index in [1.807, 2.05) is 0 Å². The number of hydrogen-bond acceptors (Lipinski definition) is 5. The molecule has 0 aromatic carbocycles. The number of aromatic nitrogens is 1. The van der Waals surface area contributed by atoms with Crippen molar-refractivity contribution in [2.45, 2.75) is 11.0 Å². The number of aromatic carboxylic acids is 1. The predicted molar refractivity (Wildman–Crippen MR) is 68.1 cm³/mol. The van der Waals surface area contributed by atoms with E-state index in [0.717, 1.165) is 6.07 Å². The zero-order chi connectivity index (χ0) is 14.8. The molecule has 1 aliphatic heterocycles. The first-order valence-corrected chi connectivity index (χ1v) is 7.47. The number of nitrogens with zero attached hydrogens (tertiary/aromatic N) is 1. The number of sulfonamides is 1. The van der Waals surface area contributed by atoms with Gasteiger partial charge in [-0.15, -0.1) is 0 Å². The lowest BCUT2D eigenvalue weighted by molar-refractivity contribution is -0.0846. The van der Waals surface area contributed by atoms with Crippen LogP contribution in [0.1, 0.15) is 10.5 Å². The Morgan fingerprint density at radius 1 is 1.55 bits per heavy atom. The molecule has 9 heteroatoms. The van der Waals surface area contributed by atoms with Gasteiger partial charge in [0.2, 0.25) is 10.0 Å². The number of nitrogens with one attached hydrogen (secondary N) is 1. The summed E-state index contributed by atoms with van der Waals surface area (Å²) >= 11 is 0. The monoisotopic (exact) mass is 304 g/mol. The van der Waals surface area contributed by atoms with Gasteiger partial charge < -0.3 is 19.1 Å². The van der Waals surface area contributed by atoms with Crippen molar-refractivity contribution in [3.05, 3.63) is 18.0 Å². The standard InChI is InChI=1S/C11H16N2O6S/c1-13-6-9(4-10(13)11(14)15)20(16,17)12-5-8-7-18-2-3-19-8/h4,6,8,12H,2-3,5,7H2,1H3,(H,14,15). The number of aryl methyl sites for hydroxylation is 1. The third-order valence-corrected chi connectivity index (χ3v) is 4.29. The molecule has 0 amide bonds. The first kappa shape index (κ1) is 15.0. The molecule has 1 atom stereocenters. The first-order valence-electron chi connectivity index (χ1n) is 5.99. The maximum Gasteiger partial charge on any atom is 0.352 e. The fourth-order valence-corrected chi connectivity index (χ4v) is 2.97. The van der Waals surface area contributed by atoms with E-state index in [1.54, 1.807) is 0 Å². The zero-order valence-corrected chi connectivity index (χ0v) is 11.7. The summed E-state index contributed by atoms with van der Waals surface area (Å²) in [7, 11) is -2.29. The normalized spacial score (nSPS) is 19.9. The van der Waals surface area contributed by atoms with Crippen LogP contribution in [0.2, 0.25) is 0 Å². The van der Waals surface area contributed by atoms with Crippen molar-refractivity contribution in [3.8, 4) is 0 Å². The molecular formula is C11H16N2O6S. The minimum atomic E-state index is -3.76. The van der Waals surface area contributed by atoms with Crippen LogP contribution in [0.3, 0.4) is 0 Å². The van der Waals surface area contributed by atoms with Crippen LogP contribution in [0, 0.1) is 0 Å². The van der Waals surface area contributed by atoms with Gasteiger partial charge in [-0.1, -0.05) is 0 Å². The fraction of sp³-hybridized carbons (Fsp3) is 0.545. The van der Waals surface area contributed by atoms with E-state index in [1.165, 1.54) is 17.8 Å². The number of ether oxygens (including phenoxy) is 2. The zero-order valence-electron chi connectivity index (χ0n) is 10.9. The van der Waals surface area contributed by atoms with Crippen molar-refractivity contribution >= 4 is 16.0 Å². The summed E-state index contributed by atoms with van der Waals surface area (Å²) in [5.74, 6) is -1.18. The Kier molecular flexibility index (Phi) is 4.43. The van der Waals surface area contributed by atoms with Crippen LogP contribution in [-0.2, 0) is 26.5 Å². The van der Waals surface area contributed by atoms with E-state index in [2.05, 4.69) is 4.72 Å². The summed E-state index contributed by atoms with van der Waals surface area (Å²) in [6.07, 6.45) is 0.922. The molecule has 1 aliphatic rings. The van der Waals surface area contributed by atoms with Gasteiger partial charge in [-0.25, -0.2) is 17.9 Å². The first-order chi connectivity index (χ1) is 9.40. The molecule has 2 heterocycles. The minimum absolute atomic E-state index is 0.0830. The van der Waals surface area contributed by atoms with E-state index in [0.29, 0.717) is 19.8 Å². The predicted octanol–water partition coefficient (Wildman–Crippen LogP) is -0.583. The fourth-order valence-electron chi connectivity index (χ4n) is 1.83. The molecule has 0 spiro atoms. The van der Waals surface area contributed by atoms with Gasteiger partial charge in [-0.2, -0.15) is 0 Å². The molecule has 8 nitrogen and oxygen atoms in total. The van der Waals surface area contributed by atoms with Gasteiger partial charge in [0.1, 0.15) is 10.6 Å². The number of rotatable bonds is 5. The summed E-state index contributed by atoms with van der Waals surface area (Å²) in [6.45, 7) is 1.35. The van der Waals surface area contributed by atoms with E-state index >= 15 is 0 Å². The molecule has 2 rings (SSSR count). The largest absolute Gasteiger partial charge is 0.477 e. The van der Waals surface area contributed by atoms with Crippen molar-refractivity contribution < 1.29 is 27.8 Å². The number of carbonyl (C=O) groups is 1. The van der Waals surface area contributed by atoms with Gasteiger partial charge in [0, 0.05) is 19.8 Å². The molecule has 1 aromatic rings. The maximum atomic E-state index is 12.0. The molecule has 0 saturated carbocycles. The highest BCUT2D eigenvalue weighted by molar-refractivity contribution is 7.89. The van der Waals surface area contributed by atoms with Crippen LogP contribution in [0.25, 0.3) is 0 Å². The molecule has 1 saturated heterocycles.